The Morgan fingerprint density at radius 2 is 1.85 bits per heavy atom. The summed E-state index contributed by atoms with van der Waals surface area (Å²) in [5.74, 6) is 1.56. The molecular weight excluding hydrogens is 338 g/mol. The molecule has 0 unspecified atom stereocenters. The zero-order valence-electron chi connectivity index (χ0n) is 14.9. The van der Waals surface area contributed by atoms with Crippen LogP contribution in [0, 0.1) is 5.92 Å². The largest absolute Gasteiger partial charge is 0.489 e. The fourth-order valence-corrected chi connectivity index (χ4v) is 3.41. The van der Waals surface area contributed by atoms with Crippen LogP contribution in [0.2, 0.25) is 0 Å². The van der Waals surface area contributed by atoms with E-state index >= 15 is 0 Å². The number of para-hydroxylation sites is 2. The molecule has 1 aliphatic carbocycles. The highest BCUT2D eigenvalue weighted by atomic mass is 16.5. The van der Waals surface area contributed by atoms with Crippen LogP contribution in [0.3, 0.4) is 0 Å². The van der Waals surface area contributed by atoms with Crippen molar-refractivity contribution in [3.63, 3.8) is 0 Å². The van der Waals surface area contributed by atoms with E-state index in [1.807, 2.05) is 24.3 Å². The molecule has 0 radical (unpaired) electrons. The van der Waals surface area contributed by atoms with E-state index in [-0.39, 0.29) is 19.4 Å². The molecule has 1 atom stereocenters. The van der Waals surface area contributed by atoms with Crippen LogP contribution in [0.4, 0.5) is 11.4 Å². The van der Waals surface area contributed by atoms with Crippen molar-refractivity contribution in [2.75, 3.05) is 30.7 Å². The molecule has 2 aromatic rings. The van der Waals surface area contributed by atoms with E-state index in [1.54, 1.807) is 24.3 Å². The number of nitrogen functional groups attached to an aromatic ring is 1. The number of nitrogens with two attached hydrogens (primary N) is 1. The van der Waals surface area contributed by atoms with Gasteiger partial charge in [-0.2, -0.15) is 0 Å². The summed E-state index contributed by atoms with van der Waals surface area (Å²) in [6.45, 7) is 3.35. The van der Waals surface area contributed by atoms with Crippen molar-refractivity contribution in [3.8, 4) is 5.75 Å². The molecular formula is C22H29N3O2. The zero-order chi connectivity index (χ0) is 17.9. The smallest absolute Gasteiger partial charge is 0.255 e. The molecule has 5 nitrogen and oxygen atoms in total. The minimum Gasteiger partial charge on any atom is -0.489 e. The first kappa shape index (κ1) is 19.2. The van der Waals surface area contributed by atoms with Gasteiger partial charge >= 0.3 is 0 Å². The Labute approximate surface area is 161 Å². The van der Waals surface area contributed by atoms with Gasteiger partial charge in [-0.3, -0.25) is 9.69 Å². The summed E-state index contributed by atoms with van der Waals surface area (Å²) >= 11 is 0. The van der Waals surface area contributed by atoms with Gasteiger partial charge in [-0.1, -0.05) is 19.6 Å². The molecule has 5 heteroatoms. The van der Waals surface area contributed by atoms with Crippen LogP contribution < -0.4 is 15.8 Å². The molecule has 2 aromatic carbocycles. The Balaban J connectivity index is 0.00000210. The Bertz CT molecular complexity index is 771. The number of likely N-dealkylation sites (tertiary alicyclic amines) is 1. The first-order valence-electron chi connectivity index (χ1n) is 9.32. The van der Waals surface area contributed by atoms with Crippen molar-refractivity contribution < 1.29 is 9.53 Å². The highest BCUT2D eigenvalue weighted by molar-refractivity contribution is 6.05. The Hall–Kier alpha value is -2.53. The Morgan fingerprint density at radius 3 is 2.56 bits per heavy atom. The van der Waals surface area contributed by atoms with Gasteiger partial charge in [0.1, 0.15) is 11.9 Å². The second kappa shape index (κ2) is 8.44. The molecule has 0 spiro atoms. The van der Waals surface area contributed by atoms with Gasteiger partial charge in [0, 0.05) is 25.2 Å². The molecule has 27 heavy (non-hydrogen) atoms. The van der Waals surface area contributed by atoms with Crippen LogP contribution in [0.1, 0.15) is 37.0 Å². The predicted octanol–water partition coefficient (Wildman–Crippen LogP) is 4.02. The lowest BCUT2D eigenvalue weighted by Gasteiger charge is -2.16. The number of benzene rings is 2. The van der Waals surface area contributed by atoms with Crippen molar-refractivity contribution in [1.82, 2.24) is 4.90 Å². The minimum atomic E-state index is -0.175. The SMILES string of the molecule is C.Nc1ccccc1NC(=O)c1ccc(O[C@@H]2CCN(CC3CC3)C2)cc1. The maximum Gasteiger partial charge on any atom is 0.255 e. The monoisotopic (exact) mass is 367 g/mol. The number of amides is 1. The average Bonchev–Trinajstić information content (AvgIpc) is 3.35. The fraction of sp³-hybridized carbons (Fsp3) is 0.409. The normalized spacial score (nSPS) is 19.3. The van der Waals surface area contributed by atoms with Crippen LogP contribution in [-0.2, 0) is 0 Å². The summed E-state index contributed by atoms with van der Waals surface area (Å²) in [6, 6.07) is 14.6. The van der Waals surface area contributed by atoms with Crippen molar-refractivity contribution in [2.24, 2.45) is 5.92 Å². The molecule has 4 rings (SSSR count). The summed E-state index contributed by atoms with van der Waals surface area (Å²) in [6.07, 6.45) is 4.10. The van der Waals surface area contributed by atoms with Gasteiger partial charge in [-0.25, -0.2) is 0 Å². The molecule has 1 saturated carbocycles. The quantitative estimate of drug-likeness (QED) is 0.757. The van der Waals surface area contributed by atoms with Gasteiger partial charge in [0.05, 0.1) is 11.4 Å². The van der Waals surface area contributed by atoms with Gasteiger partial charge < -0.3 is 15.8 Å². The number of nitrogens with one attached hydrogen (secondary N) is 1. The molecule has 2 aliphatic rings. The average molecular weight is 367 g/mol. The minimum absolute atomic E-state index is 0. The highest BCUT2D eigenvalue weighted by Crippen LogP contribution is 2.31. The second-order valence-electron chi connectivity index (χ2n) is 7.30. The van der Waals surface area contributed by atoms with Gasteiger partial charge in [-0.05, 0) is 61.6 Å². The Kier molecular flexibility index (Phi) is 6.01. The first-order chi connectivity index (χ1) is 12.7. The predicted molar refractivity (Wildman–Crippen MR) is 110 cm³/mol. The van der Waals surface area contributed by atoms with E-state index in [0.717, 1.165) is 31.2 Å². The van der Waals surface area contributed by atoms with E-state index in [2.05, 4.69) is 10.2 Å². The first-order valence-corrected chi connectivity index (χ1v) is 9.32. The summed E-state index contributed by atoms with van der Waals surface area (Å²) in [7, 11) is 0. The summed E-state index contributed by atoms with van der Waals surface area (Å²) < 4.78 is 6.09. The van der Waals surface area contributed by atoms with Crippen LogP contribution in [-0.4, -0.2) is 36.5 Å². The maximum atomic E-state index is 12.4. The molecule has 1 amide bonds. The molecule has 1 aliphatic heterocycles. The topological polar surface area (TPSA) is 67.6 Å². The van der Waals surface area contributed by atoms with Crippen LogP contribution in [0.25, 0.3) is 0 Å². The van der Waals surface area contributed by atoms with Crippen molar-refractivity contribution in [1.29, 1.82) is 0 Å². The maximum absolute atomic E-state index is 12.4. The zero-order valence-corrected chi connectivity index (χ0v) is 14.9. The molecule has 144 valence electrons. The number of ether oxygens (including phenoxy) is 1. The second-order valence-corrected chi connectivity index (χ2v) is 7.30. The van der Waals surface area contributed by atoms with Gasteiger partial charge in [0.15, 0.2) is 0 Å². The number of nitrogens with zero attached hydrogens (tertiary/aromatic N) is 1. The van der Waals surface area contributed by atoms with Crippen molar-refractivity contribution >= 4 is 17.3 Å². The Morgan fingerprint density at radius 1 is 1.11 bits per heavy atom. The van der Waals surface area contributed by atoms with Gasteiger partial charge in [0.25, 0.3) is 5.91 Å². The molecule has 3 N–H and O–H groups in total. The summed E-state index contributed by atoms with van der Waals surface area (Å²) in [5.41, 5.74) is 7.63. The number of rotatable bonds is 6. The number of carbonyl (C=O) groups is 1. The number of hydrogen-bond acceptors (Lipinski definition) is 4. The third-order valence-corrected chi connectivity index (χ3v) is 5.07. The van der Waals surface area contributed by atoms with E-state index in [0.29, 0.717) is 16.9 Å². The summed E-state index contributed by atoms with van der Waals surface area (Å²) in [5, 5.41) is 2.84. The molecule has 1 saturated heterocycles. The van der Waals surface area contributed by atoms with Crippen LogP contribution >= 0.6 is 0 Å². The van der Waals surface area contributed by atoms with E-state index in [9.17, 15) is 4.79 Å². The molecule has 0 bridgehead atoms. The molecule has 0 aromatic heterocycles. The summed E-state index contributed by atoms with van der Waals surface area (Å²) in [4.78, 5) is 14.9. The van der Waals surface area contributed by atoms with E-state index in [4.69, 9.17) is 10.5 Å². The molecule has 2 fully saturated rings. The lowest BCUT2D eigenvalue weighted by atomic mass is 10.2. The third kappa shape index (κ3) is 5.01. The van der Waals surface area contributed by atoms with E-state index < -0.39 is 0 Å². The highest BCUT2D eigenvalue weighted by Gasteiger charge is 2.29. The third-order valence-electron chi connectivity index (χ3n) is 5.07. The number of carbonyl (C=O) groups excluding carboxylic acids is 1. The van der Waals surface area contributed by atoms with Gasteiger partial charge in [0.2, 0.25) is 0 Å². The van der Waals surface area contributed by atoms with Crippen LogP contribution in [0.15, 0.2) is 48.5 Å². The fourth-order valence-electron chi connectivity index (χ4n) is 3.41. The van der Waals surface area contributed by atoms with E-state index in [1.165, 1.54) is 19.4 Å². The standard InChI is InChI=1S/C21H25N3O2.CH4/c22-19-3-1-2-4-20(19)23-21(25)16-7-9-17(10-8-16)26-18-11-12-24(14-18)13-15-5-6-15;/h1-4,7-10,15,18H,5-6,11-14,22H2,(H,23,25);1H4/t18-;/m1./s1. The van der Waals surface area contributed by atoms with Crippen LogP contribution in [0.5, 0.6) is 5.75 Å². The van der Waals surface area contributed by atoms with Gasteiger partial charge in [-0.15, -0.1) is 0 Å². The molecule has 1 heterocycles. The lowest BCUT2D eigenvalue weighted by molar-refractivity contribution is 0.102. The lowest BCUT2D eigenvalue weighted by Crippen LogP contribution is -2.26. The van der Waals surface area contributed by atoms with Crippen molar-refractivity contribution in [3.05, 3.63) is 54.1 Å². The number of anilines is 2. The van der Waals surface area contributed by atoms with Crippen molar-refractivity contribution in [2.45, 2.75) is 32.8 Å². The number of hydrogen-bond donors (Lipinski definition) is 2.